The van der Waals surface area contributed by atoms with E-state index in [0.717, 1.165) is 17.1 Å². The van der Waals surface area contributed by atoms with Crippen molar-refractivity contribution in [3.05, 3.63) is 82.9 Å². The summed E-state index contributed by atoms with van der Waals surface area (Å²) >= 11 is 0. The van der Waals surface area contributed by atoms with Gasteiger partial charge in [0.15, 0.2) is 5.82 Å². The number of halogens is 3. The van der Waals surface area contributed by atoms with Gasteiger partial charge < -0.3 is 0 Å². The van der Waals surface area contributed by atoms with Crippen LogP contribution in [0.4, 0.5) is 13.2 Å². The van der Waals surface area contributed by atoms with Crippen molar-refractivity contribution < 1.29 is 13.2 Å². The Morgan fingerprint density at radius 3 is 2.16 bits per heavy atom. The Morgan fingerprint density at radius 1 is 0.774 bits per heavy atom. The van der Waals surface area contributed by atoms with Crippen molar-refractivity contribution in [3.8, 4) is 0 Å². The third-order valence-electron chi connectivity index (χ3n) is 5.70. The van der Waals surface area contributed by atoms with Gasteiger partial charge in [0.05, 0.1) is 5.52 Å². The molecule has 0 aliphatic carbocycles. The van der Waals surface area contributed by atoms with E-state index in [-0.39, 0.29) is 22.1 Å². The first-order valence-electron chi connectivity index (χ1n) is 10.3. The van der Waals surface area contributed by atoms with E-state index in [0.29, 0.717) is 23.2 Å². The maximum atomic E-state index is 15.5. The van der Waals surface area contributed by atoms with Crippen molar-refractivity contribution >= 4 is 21.8 Å². The van der Waals surface area contributed by atoms with E-state index in [9.17, 15) is 8.78 Å². The van der Waals surface area contributed by atoms with E-state index in [1.165, 1.54) is 6.07 Å². The molecule has 0 N–H and O–H groups in total. The summed E-state index contributed by atoms with van der Waals surface area (Å²) in [5, 5.41) is 1.01. The fourth-order valence-corrected chi connectivity index (χ4v) is 3.85. The Balaban J connectivity index is 1.75. The van der Waals surface area contributed by atoms with Crippen LogP contribution in [-0.4, -0.2) is 9.97 Å². The summed E-state index contributed by atoms with van der Waals surface area (Å²) in [6.07, 6.45) is 0.368. The van der Waals surface area contributed by atoms with Gasteiger partial charge in [-0.25, -0.2) is 18.2 Å². The Labute approximate surface area is 180 Å². The molecule has 0 saturated heterocycles. The number of rotatable bonds is 3. The van der Waals surface area contributed by atoms with E-state index < -0.39 is 17.0 Å². The quantitative estimate of drug-likeness (QED) is 0.355. The normalized spacial score (nSPS) is 12.6. The van der Waals surface area contributed by atoms with Gasteiger partial charge in [0, 0.05) is 45.1 Å². The molecular weight excluding hydrogens is 397 g/mol. The van der Waals surface area contributed by atoms with Crippen LogP contribution in [0.15, 0.2) is 48.5 Å². The summed E-state index contributed by atoms with van der Waals surface area (Å²) in [5.41, 5.74) is 1.86. The molecule has 0 spiro atoms. The van der Waals surface area contributed by atoms with Crippen LogP contribution in [0.25, 0.3) is 21.8 Å². The second-order valence-electron chi connectivity index (χ2n) is 9.77. The highest BCUT2D eigenvalue weighted by Crippen LogP contribution is 2.32. The van der Waals surface area contributed by atoms with Crippen LogP contribution in [0, 0.1) is 17.5 Å². The van der Waals surface area contributed by atoms with Gasteiger partial charge in [-0.05, 0) is 30.2 Å². The molecule has 5 heteroatoms. The van der Waals surface area contributed by atoms with Gasteiger partial charge in [-0.15, -0.1) is 0 Å². The van der Waals surface area contributed by atoms with Crippen molar-refractivity contribution in [2.75, 3.05) is 0 Å². The van der Waals surface area contributed by atoms with Crippen LogP contribution in [0.1, 0.15) is 51.6 Å². The van der Waals surface area contributed by atoms with E-state index in [1.54, 1.807) is 18.2 Å². The van der Waals surface area contributed by atoms with Crippen molar-refractivity contribution in [2.24, 2.45) is 0 Å². The molecule has 0 fully saturated rings. The number of pyridine rings is 2. The molecule has 0 saturated carbocycles. The smallest absolute Gasteiger partial charge is 0.152 e. The monoisotopic (exact) mass is 422 g/mol. The van der Waals surface area contributed by atoms with Crippen molar-refractivity contribution in [2.45, 2.75) is 51.9 Å². The van der Waals surface area contributed by atoms with Crippen LogP contribution in [0.2, 0.25) is 0 Å². The average Bonchev–Trinajstić information content (AvgIpc) is 2.68. The third-order valence-corrected chi connectivity index (χ3v) is 5.70. The topological polar surface area (TPSA) is 25.8 Å². The lowest BCUT2D eigenvalue weighted by atomic mass is 9.81. The summed E-state index contributed by atoms with van der Waals surface area (Å²) < 4.78 is 43.1. The molecule has 160 valence electrons. The number of hydrogen-bond donors (Lipinski definition) is 0. The van der Waals surface area contributed by atoms with E-state index >= 15 is 4.39 Å². The predicted octanol–water partition coefficient (Wildman–Crippen LogP) is 7.02. The SMILES string of the molecule is CC(C)(C)c1ccc2ccc(CC(C)(C)c3ccc4c(F)cc(F)cc4n3)c(F)c2n1. The largest absolute Gasteiger partial charge is 0.252 e. The lowest BCUT2D eigenvalue weighted by molar-refractivity contribution is 0.490. The van der Waals surface area contributed by atoms with Gasteiger partial charge in [-0.3, -0.25) is 4.98 Å². The Morgan fingerprint density at radius 2 is 1.45 bits per heavy atom. The summed E-state index contributed by atoms with van der Waals surface area (Å²) in [5.74, 6) is -1.66. The summed E-state index contributed by atoms with van der Waals surface area (Å²) in [4.78, 5) is 9.08. The summed E-state index contributed by atoms with van der Waals surface area (Å²) in [7, 11) is 0. The van der Waals surface area contributed by atoms with Crippen LogP contribution in [0.5, 0.6) is 0 Å². The van der Waals surface area contributed by atoms with E-state index in [1.807, 2.05) is 52.8 Å². The van der Waals surface area contributed by atoms with Gasteiger partial charge in [0.1, 0.15) is 17.2 Å². The molecule has 0 unspecified atom stereocenters. The van der Waals surface area contributed by atoms with Crippen molar-refractivity contribution in [1.82, 2.24) is 9.97 Å². The van der Waals surface area contributed by atoms with Gasteiger partial charge in [-0.1, -0.05) is 52.8 Å². The molecule has 0 bridgehead atoms. The first kappa shape index (κ1) is 21.3. The first-order valence-corrected chi connectivity index (χ1v) is 10.3. The summed E-state index contributed by atoms with van der Waals surface area (Å²) in [6, 6.07) is 12.9. The highest BCUT2D eigenvalue weighted by atomic mass is 19.1. The molecule has 0 atom stereocenters. The zero-order chi connectivity index (χ0) is 22.6. The van der Waals surface area contributed by atoms with Gasteiger partial charge in [-0.2, -0.15) is 0 Å². The van der Waals surface area contributed by atoms with Crippen molar-refractivity contribution in [3.63, 3.8) is 0 Å². The summed E-state index contributed by atoms with van der Waals surface area (Å²) in [6.45, 7) is 10.0. The Kier molecular flexibility index (Phi) is 5.03. The minimum absolute atomic E-state index is 0.185. The van der Waals surface area contributed by atoms with Gasteiger partial charge >= 0.3 is 0 Å². The van der Waals surface area contributed by atoms with Crippen LogP contribution >= 0.6 is 0 Å². The standard InChI is InChI=1S/C26H25F3N2/c1-25(2,3)21-10-8-15-6-7-16(23(29)24(15)31-21)14-26(4,5)22-11-9-18-19(28)12-17(27)13-20(18)30-22/h6-13H,14H2,1-5H3. The molecule has 2 aromatic heterocycles. The van der Waals surface area contributed by atoms with Crippen molar-refractivity contribution in [1.29, 1.82) is 0 Å². The van der Waals surface area contributed by atoms with Crippen LogP contribution < -0.4 is 0 Å². The zero-order valence-electron chi connectivity index (χ0n) is 18.4. The first-order chi connectivity index (χ1) is 14.5. The molecule has 4 aromatic rings. The van der Waals surface area contributed by atoms with Crippen LogP contribution in [0.3, 0.4) is 0 Å². The molecule has 0 aliphatic rings. The fourth-order valence-electron chi connectivity index (χ4n) is 3.85. The molecule has 2 aromatic carbocycles. The maximum absolute atomic E-state index is 15.5. The zero-order valence-corrected chi connectivity index (χ0v) is 18.4. The average molecular weight is 422 g/mol. The number of benzene rings is 2. The van der Waals surface area contributed by atoms with Gasteiger partial charge in [0.2, 0.25) is 0 Å². The molecule has 2 nitrogen and oxygen atoms in total. The minimum atomic E-state index is -0.672. The highest BCUT2D eigenvalue weighted by Gasteiger charge is 2.26. The Hall–Kier alpha value is -2.95. The molecule has 0 amide bonds. The second-order valence-corrected chi connectivity index (χ2v) is 9.77. The third kappa shape index (κ3) is 4.01. The molecule has 2 heterocycles. The number of nitrogens with zero attached hydrogens (tertiary/aromatic N) is 2. The second kappa shape index (κ2) is 7.33. The van der Waals surface area contributed by atoms with Crippen LogP contribution in [-0.2, 0) is 17.3 Å². The molecular formula is C26H25F3N2. The Bertz CT molecular complexity index is 1300. The number of hydrogen-bond acceptors (Lipinski definition) is 2. The molecule has 0 radical (unpaired) electrons. The lowest BCUT2D eigenvalue weighted by Gasteiger charge is -2.25. The maximum Gasteiger partial charge on any atom is 0.152 e. The minimum Gasteiger partial charge on any atom is -0.252 e. The predicted molar refractivity (Wildman–Crippen MR) is 119 cm³/mol. The van der Waals surface area contributed by atoms with E-state index in [4.69, 9.17) is 0 Å². The van der Waals surface area contributed by atoms with Gasteiger partial charge in [0.25, 0.3) is 0 Å². The fraction of sp³-hybridized carbons (Fsp3) is 0.308. The molecule has 31 heavy (non-hydrogen) atoms. The molecule has 4 rings (SSSR count). The van der Waals surface area contributed by atoms with E-state index in [2.05, 4.69) is 9.97 Å². The molecule has 0 aliphatic heterocycles. The number of fused-ring (bicyclic) bond motifs is 2. The lowest BCUT2D eigenvalue weighted by Crippen LogP contribution is -2.23. The number of aromatic nitrogens is 2. The highest BCUT2D eigenvalue weighted by molar-refractivity contribution is 5.81.